The van der Waals surface area contributed by atoms with Gasteiger partial charge in [-0.15, -0.1) is 22.7 Å². The summed E-state index contributed by atoms with van der Waals surface area (Å²) in [4.78, 5) is 20.4. The van der Waals surface area contributed by atoms with E-state index in [0.29, 0.717) is 12.2 Å². The van der Waals surface area contributed by atoms with Crippen molar-refractivity contribution in [2.45, 2.75) is 26.4 Å². The van der Waals surface area contributed by atoms with Crippen LogP contribution in [0.3, 0.4) is 0 Å². The van der Waals surface area contributed by atoms with Gasteiger partial charge in [-0.1, -0.05) is 36.4 Å². The van der Waals surface area contributed by atoms with E-state index in [1.165, 1.54) is 11.3 Å². The minimum absolute atomic E-state index is 0.0112. The standard InChI is InChI=1S/C18H18N2OS2/c1-13(2)20(11-14-7-4-3-5-8-14)18(21)15-12-23-17(19-15)16-9-6-10-22-16/h3-10,12-13H,11H2,1-2H3. The van der Waals surface area contributed by atoms with Crippen LogP contribution in [0.15, 0.2) is 53.2 Å². The highest BCUT2D eigenvalue weighted by Crippen LogP contribution is 2.28. The number of hydrogen-bond donors (Lipinski definition) is 0. The van der Waals surface area contributed by atoms with Gasteiger partial charge in [-0.05, 0) is 30.9 Å². The molecule has 0 aliphatic rings. The molecule has 0 saturated carbocycles. The summed E-state index contributed by atoms with van der Waals surface area (Å²) in [7, 11) is 0. The minimum Gasteiger partial charge on any atom is -0.331 e. The summed E-state index contributed by atoms with van der Waals surface area (Å²) in [5, 5.41) is 4.79. The maximum atomic E-state index is 12.8. The Balaban J connectivity index is 1.81. The Bertz CT molecular complexity index is 763. The summed E-state index contributed by atoms with van der Waals surface area (Å²) in [6.45, 7) is 4.67. The molecule has 0 atom stereocenters. The van der Waals surface area contributed by atoms with Gasteiger partial charge in [0.05, 0.1) is 4.88 Å². The first-order valence-corrected chi connectivity index (χ1v) is 9.25. The number of nitrogens with zero attached hydrogens (tertiary/aromatic N) is 2. The van der Waals surface area contributed by atoms with Gasteiger partial charge in [-0.25, -0.2) is 4.98 Å². The van der Waals surface area contributed by atoms with Crippen molar-refractivity contribution in [3.63, 3.8) is 0 Å². The molecule has 0 N–H and O–H groups in total. The van der Waals surface area contributed by atoms with Crippen molar-refractivity contribution in [1.29, 1.82) is 0 Å². The van der Waals surface area contributed by atoms with Crippen LogP contribution >= 0.6 is 22.7 Å². The highest BCUT2D eigenvalue weighted by Gasteiger charge is 2.22. The number of thiophene rings is 1. The van der Waals surface area contributed by atoms with Crippen LogP contribution in [0.25, 0.3) is 9.88 Å². The normalized spacial score (nSPS) is 10.9. The van der Waals surface area contributed by atoms with E-state index in [9.17, 15) is 4.79 Å². The van der Waals surface area contributed by atoms with Gasteiger partial charge in [0.2, 0.25) is 0 Å². The zero-order valence-electron chi connectivity index (χ0n) is 13.1. The molecule has 2 aromatic heterocycles. The van der Waals surface area contributed by atoms with Gasteiger partial charge >= 0.3 is 0 Å². The molecular formula is C18H18N2OS2. The maximum Gasteiger partial charge on any atom is 0.273 e. The molecule has 3 nitrogen and oxygen atoms in total. The Labute approximate surface area is 144 Å². The van der Waals surface area contributed by atoms with Crippen molar-refractivity contribution in [2.75, 3.05) is 0 Å². The van der Waals surface area contributed by atoms with Gasteiger partial charge < -0.3 is 4.90 Å². The summed E-state index contributed by atoms with van der Waals surface area (Å²) in [6, 6.07) is 14.2. The second-order valence-corrected chi connectivity index (χ2v) is 7.33. The molecule has 0 unspecified atom stereocenters. The number of benzene rings is 1. The summed E-state index contributed by atoms with van der Waals surface area (Å²) in [5.41, 5.74) is 1.66. The average Bonchev–Trinajstić information content (AvgIpc) is 3.23. The van der Waals surface area contributed by atoms with E-state index in [4.69, 9.17) is 0 Å². The first-order valence-electron chi connectivity index (χ1n) is 7.49. The van der Waals surface area contributed by atoms with Crippen molar-refractivity contribution < 1.29 is 4.79 Å². The van der Waals surface area contributed by atoms with Crippen molar-refractivity contribution in [1.82, 2.24) is 9.88 Å². The molecule has 3 rings (SSSR count). The van der Waals surface area contributed by atoms with Crippen LogP contribution in [-0.2, 0) is 6.54 Å². The Morgan fingerprint density at radius 2 is 1.91 bits per heavy atom. The number of carbonyl (C=O) groups is 1. The van der Waals surface area contributed by atoms with Crippen molar-refractivity contribution in [3.05, 3.63) is 64.5 Å². The molecule has 0 spiro atoms. The number of hydrogen-bond acceptors (Lipinski definition) is 4. The third-order valence-corrected chi connectivity index (χ3v) is 5.42. The first kappa shape index (κ1) is 15.9. The lowest BCUT2D eigenvalue weighted by Crippen LogP contribution is -2.36. The van der Waals surface area contributed by atoms with Gasteiger partial charge in [0.25, 0.3) is 5.91 Å². The number of thiazole rings is 1. The molecule has 0 fully saturated rings. The largest absolute Gasteiger partial charge is 0.331 e. The molecule has 0 bridgehead atoms. The quantitative estimate of drug-likeness (QED) is 0.659. The molecular weight excluding hydrogens is 324 g/mol. The molecule has 3 aromatic rings. The average molecular weight is 342 g/mol. The van der Waals surface area contributed by atoms with E-state index < -0.39 is 0 Å². The Hall–Kier alpha value is -1.98. The van der Waals surface area contributed by atoms with Crippen LogP contribution in [-0.4, -0.2) is 21.8 Å². The third kappa shape index (κ3) is 3.68. The fraction of sp³-hybridized carbons (Fsp3) is 0.222. The van der Waals surface area contributed by atoms with Crippen molar-refractivity contribution in [3.8, 4) is 9.88 Å². The molecule has 0 saturated heterocycles. The lowest BCUT2D eigenvalue weighted by Gasteiger charge is -2.26. The third-order valence-electron chi connectivity index (χ3n) is 3.54. The summed E-state index contributed by atoms with van der Waals surface area (Å²) in [6.07, 6.45) is 0. The van der Waals surface area contributed by atoms with E-state index in [1.807, 2.05) is 72.0 Å². The highest BCUT2D eigenvalue weighted by atomic mass is 32.1. The summed E-state index contributed by atoms with van der Waals surface area (Å²) in [5.74, 6) is -0.0112. The molecule has 118 valence electrons. The van der Waals surface area contributed by atoms with Crippen LogP contribution in [0, 0.1) is 0 Å². The Morgan fingerprint density at radius 1 is 1.13 bits per heavy atom. The predicted octanol–water partition coefficient (Wildman–Crippen LogP) is 4.92. The van der Waals surface area contributed by atoms with Crippen LogP contribution in [0.2, 0.25) is 0 Å². The van der Waals surface area contributed by atoms with Crippen molar-refractivity contribution in [2.24, 2.45) is 0 Å². The van der Waals surface area contributed by atoms with Gasteiger partial charge in [0.15, 0.2) is 0 Å². The second kappa shape index (κ2) is 7.06. The minimum atomic E-state index is -0.0112. The number of rotatable bonds is 5. The summed E-state index contributed by atoms with van der Waals surface area (Å²) >= 11 is 3.16. The number of carbonyl (C=O) groups excluding carboxylic acids is 1. The predicted molar refractivity (Wildman–Crippen MR) is 96.9 cm³/mol. The fourth-order valence-electron chi connectivity index (χ4n) is 2.30. The number of aromatic nitrogens is 1. The van der Waals surface area contributed by atoms with Gasteiger partial charge in [0.1, 0.15) is 10.7 Å². The molecule has 0 radical (unpaired) electrons. The van der Waals surface area contributed by atoms with Gasteiger partial charge in [-0.2, -0.15) is 0 Å². The fourth-order valence-corrected chi connectivity index (χ4v) is 3.91. The zero-order chi connectivity index (χ0) is 16.2. The zero-order valence-corrected chi connectivity index (χ0v) is 14.7. The second-order valence-electron chi connectivity index (χ2n) is 5.53. The van der Waals surface area contributed by atoms with Crippen LogP contribution < -0.4 is 0 Å². The molecule has 2 heterocycles. The van der Waals surface area contributed by atoms with Gasteiger partial charge in [0, 0.05) is 18.0 Å². The van der Waals surface area contributed by atoms with E-state index in [0.717, 1.165) is 15.4 Å². The Morgan fingerprint density at radius 3 is 2.57 bits per heavy atom. The van der Waals surface area contributed by atoms with E-state index in [1.54, 1.807) is 11.3 Å². The van der Waals surface area contributed by atoms with E-state index >= 15 is 0 Å². The van der Waals surface area contributed by atoms with Crippen molar-refractivity contribution >= 4 is 28.6 Å². The van der Waals surface area contributed by atoms with Crippen LogP contribution in [0.4, 0.5) is 0 Å². The molecule has 1 aromatic carbocycles. The summed E-state index contributed by atoms with van der Waals surface area (Å²) < 4.78 is 0. The smallest absolute Gasteiger partial charge is 0.273 e. The number of amides is 1. The lowest BCUT2D eigenvalue weighted by atomic mass is 10.2. The van der Waals surface area contributed by atoms with E-state index in [2.05, 4.69) is 4.98 Å². The highest BCUT2D eigenvalue weighted by molar-refractivity contribution is 7.20. The molecule has 1 amide bonds. The van der Waals surface area contributed by atoms with Gasteiger partial charge in [-0.3, -0.25) is 4.79 Å². The van der Waals surface area contributed by atoms with Crippen LogP contribution in [0.5, 0.6) is 0 Å². The maximum absolute atomic E-state index is 12.8. The molecule has 0 aliphatic carbocycles. The topological polar surface area (TPSA) is 33.2 Å². The molecule has 23 heavy (non-hydrogen) atoms. The molecule has 5 heteroatoms. The Kier molecular flexibility index (Phi) is 4.88. The first-order chi connectivity index (χ1) is 11.1. The van der Waals surface area contributed by atoms with Crippen LogP contribution in [0.1, 0.15) is 29.9 Å². The SMILES string of the molecule is CC(C)N(Cc1ccccc1)C(=O)c1csc(-c2cccs2)n1. The monoisotopic (exact) mass is 342 g/mol. The molecule has 0 aliphatic heterocycles. The van der Waals surface area contributed by atoms with E-state index in [-0.39, 0.29) is 11.9 Å². The lowest BCUT2D eigenvalue weighted by molar-refractivity contribution is 0.0685.